The van der Waals surface area contributed by atoms with E-state index < -0.39 is 0 Å². The van der Waals surface area contributed by atoms with Crippen LogP contribution in [0.15, 0.2) is 0 Å². The van der Waals surface area contributed by atoms with Gasteiger partial charge in [0, 0.05) is 25.2 Å². The number of nitrogens with one attached hydrogen (secondary N) is 1. The number of rotatable bonds is 3. The lowest BCUT2D eigenvalue weighted by molar-refractivity contribution is 0.0993. The molecule has 4 nitrogen and oxygen atoms in total. The molecule has 2 saturated heterocycles. The van der Waals surface area contributed by atoms with Gasteiger partial charge in [0.05, 0.1) is 0 Å². The summed E-state index contributed by atoms with van der Waals surface area (Å²) in [6, 6.07) is 1.27. The van der Waals surface area contributed by atoms with Crippen LogP contribution in [0.2, 0.25) is 0 Å². The van der Waals surface area contributed by atoms with Crippen LogP contribution < -0.4 is 5.32 Å². The largest absolute Gasteiger partial charge is 0.335 e. The number of piperidine rings is 2. The minimum Gasteiger partial charge on any atom is -0.335 e. The molecule has 2 heterocycles. The minimum absolute atomic E-state index is 0.197. The Hall–Kier alpha value is -0.770. The third kappa shape index (κ3) is 3.44. The Kier molecular flexibility index (Phi) is 5.03. The molecule has 4 fully saturated rings. The van der Waals surface area contributed by atoms with E-state index in [1.165, 1.54) is 58.0 Å². The van der Waals surface area contributed by atoms with Gasteiger partial charge in [-0.15, -0.1) is 0 Å². The van der Waals surface area contributed by atoms with Crippen LogP contribution in [0.1, 0.15) is 64.7 Å². The number of carbonyl (C=O) groups is 1. The second-order valence-electron chi connectivity index (χ2n) is 8.89. The van der Waals surface area contributed by atoms with Crippen molar-refractivity contribution in [3.05, 3.63) is 0 Å². The van der Waals surface area contributed by atoms with Crippen molar-refractivity contribution < 1.29 is 4.79 Å². The molecule has 4 atom stereocenters. The molecule has 4 rings (SSSR count). The molecule has 2 aliphatic heterocycles. The van der Waals surface area contributed by atoms with Gasteiger partial charge >= 0.3 is 6.03 Å². The van der Waals surface area contributed by atoms with Crippen molar-refractivity contribution in [2.75, 3.05) is 26.2 Å². The lowest BCUT2D eigenvalue weighted by atomic mass is 9.84. The molecule has 2 aliphatic carbocycles. The number of nitrogens with zero attached hydrogens (tertiary/aromatic N) is 2. The zero-order valence-electron chi connectivity index (χ0n) is 15.4. The molecule has 0 spiro atoms. The third-order valence-electron chi connectivity index (χ3n) is 7.44. The van der Waals surface area contributed by atoms with Crippen LogP contribution in [0.25, 0.3) is 0 Å². The standard InChI is InChI=1S/C20H35N3O/c1-15(19-14-16-5-6-17(19)13-16)21-20(24)23-11-7-18(8-12-23)22-9-3-2-4-10-22/h15-19H,2-14H2,1H3,(H,21,24)/t15-,16-,17-,19+/m0/s1. The number of urea groups is 1. The number of fused-ring (bicyclic) bond motifs is 2. The Balaban J connectivity index is 1.22. The second kappa shape index (κ2) is 7.23. The van der Waals surface area contributed by atoms with Crippen LogP contribution >= 0.6 is 0 Å². The zero-order valence-corrected chi connectivity index (χ0v) is 15.4. The molecular formula is C20H35N3O. The van der Waals surface area contributed by atoms with Crippen molar-refractivity contribution in [2.24, 2.45) is 17.8 Å². The summed E-state index contributed by atoms with van der Waals surface area (Å²) >= 11 is 0. The summed E-state index contributed by atoms with van der Waals surface area (Å²) in [4.78, 5) is 17.4. The highest BCUT2D eigenvalue weighted by Gasteiger charge is 2.42. The van der Waals surface area contributed by atoms with E-state index in [0.29, 0.717) is 6.04 Å². The predicted octanol–water partition coefficient (Wildman–Crippen LogP) is 3.47. The lowest BCUT2D eigenvalue weighted by Gasteiger charge is -2.40. The van der Waals surface area contributed by atoms with Crippen molar-refractivity contribution in [3.8, 4) is 0 Å². The first-order valence-electron chi connectivity index (χ1n) is 10.5. The molecule has 24 heavy (non-hydrogen) atoms. The molecule has 4 aliphatic rings. The molecule has 2 bridgehead atoms. The van der Waals surface area contributed by atoms with Gasteiger partial charge in [-0.1, -0.05) is 12.8 Å². The smallest absolute Gasteiger partial charge is 0.317 e. The van der Waals surface area contributed by atoms with Crippen molar-refractivity contribution in [1.29, 1.82) is 0 Å². The van der Waals surface area contributed by atoms with Gasteiger partial charge in [-0.3, -0.25) is 0 Å². The molecule has 1 N–H and O–H groups in total. The zero-order chi connectivity index (χ0) is 16.5. The Morgan fingerprint density at radius 1 is 0.958 bits per heavy atom. The SMILES string of the molecule is C[C@H](NC(=O)N1CCC(N2CCCCC2)CC1)[C@H]1C[C@H]2CC[C@H]1C2. The van der Waals surface area contributed by atoms with Crippen molar-refractivity contribution in [3.63, 3.8) is 0 Å². The maximum atomic E-state index is 12.7. The summed E-state index contributed by atoms with van der Waals surface area (Å²) in [5, 5.41) is 3.34. The summed E-state index contributed by atoms with van der Waals surface area (Å²) < 4.78 is 0. The molecule has 0 radical (unpaired) electrons. The fourth-order valence-electron chi connectivity index (χ4n) is 6.02. The number of carbonyl (C=O) groups excluding carboxylic acids is 1. The van der Waals surface area contributed by atoms with E-state index in [1.54, 1.807) is 0 Å². The van der Waals surface area contributed by atoms with Gasteiger partial charge in [0.1, 0.15) is 0 Å². The Labute approximate surface area is 147 Å². The average Bonchev–Trinajstić information content (AvgIpc) is 3.26. The lowest BCUT2D eigenvalue weighted by Crippen LogP contribution is -2.52. The van der Waals surface area contributed by atoms with Crippen molar-refractivity contribution >= 4 is 6.03 Å². The maximum absolute atomic E-state index is 12.7. The summed E-state index contributed by atoms with van der Waals surface area (Å²) in [5.74, 6) is 2.58. The molecule has 0 aromatic rings. The summed E-state index contributed by atoms with van der Waals surface area (Å²) in [6.07, 6.45) is 12.1. The molecule has 2 saturated carbocycles. The van der Waals surface area contributed by atoms with Crippen LogP contribution in [0, 0.1) is 17.8 Å². The quantitative estimate of drug-likeness (QED) is 0.858. The average molecular weight is 334 g/mol. The van der Waals surface area contributed by atoms with Gasteiger partial charge in [-0.2, -0.15) is 0 Å². The first-order valence-corrected chi connectivity index (χ1v) is 10.5. The fourth-order valence-corrected chi connectivity index (χ4v) is 6.02. The first kappa shape index (κ1) is 16.7. The number of hydrogen-bond donors (Lipinski definition) is 1. The van der Waals surface area contributed by atoms with E-state index in [-0.39, 0.29) is 6.03 Å². The normalized spacial score (nSPS) is 36.0. The summed E-state index contributed by atoms with van der Waals surface area (Å²) in [6.45, 7) is 6.67. The monoisotopic (exact) mass is 333 g/mol. The number of likely N-dealkylation sites (tertiary alicyclic amines) is 2. The van der Waals surface area contributed by atoms with E-state index in [2.05, 4.69) is 22.0 Å². The molecular weight excluding hydrogens is 298 g/mol. The molecule has 136 valence electrons. The maximum Gasteiger partial charge on any atom is 0.317 e. The summed E-state index contributed by atoms with van der Waals surface area (Å²) in [5.41, 5.74) is 0. The van der Waals surface area contributed by atoms with E-state index in [4.69, 9.17) is 0 Å². The van der Waals surface area contributed by atoms with E-state index in [1.807, 2.05) is 0 Å². The van der Waals surface area contributed by atoms with Crippen LogP contribution in [-0.4, -0.2) is 54.1 Å². The Bertz CT molecular complexity index is 440. The van der Waals surface area contributed by atoms with Crippen LogP contribution in [0.4, 0.5) is 4.79 Å². The number of amides is 2. The van der Waals surface area contributed by atoms with Crippen LogP contribution in [0.3, 0.4) is 0 Å². The Morgan fingerprint density at radius 3 is 2.33 bits per heavy atom. The highest BCUT2D eigenvalue weighted by molar-refractivity contribution is 5.74. The van der Waals surface area contributed by atoms with Crippen molar-refractivity contribution in [1.82, 2.24) is 15.1 Å². The van der Waals surface area contributed by atoms with Crippen molar-refractivity contribution in [2.45, 2.75) is 76.8 Å². The summed E-state index contributed by atoms with van der Waals surface area (Å²) in [7, 11) is 0. The van der Waals surface area contributed by atoms with Crippen LogP contribution in [-0.2, 0) is 0 Å². The molecule has 2 amide bonds. The molecule has 0 aromatic carbocycles. The van der Waals surface area contributed by atoms with E-state index in [0.717, 1.165) is 49.7 Å². The van der Waals surface area contributed by atoms with Crippen LogP contribution in [0.5, 0.6) is 0 Å². The predicted molar refractivity (Wildman–Crippen MR) is 97.0 cm³/mol. The second-order valence-corrected chi connectivity index (χ2v) is 8.89. The molecule has 0 aromatic heterocycles. The highest BCUT2D eigenvalue weighted by atomic mass is 16.2. The topological polar surface area (TPSA) is 35.6 Å². The van der Waals surface area contributed by atoms with E-state index in [9.17, 15) is 4.79 Å². The van der Waals surface area contributed by atoms with Gasteiger partial charge in [-0.05, 0) is 82.7 Å². The van der Waals surface area contributed by atoms with Gasteiger partial charge in [0.15, 0.2) is 0 Å². The third-order valence-corrected chi connectivity index (χ3v) is 7.44. The van der Waals surface area contributed by atoms with E-state index >= 15 is 0 Å². The Morgan fingerprint density at radius 2 is 1.71 bits per heavy atom. The van der Waals surface area contributed by atoms with Gasteiger partial charge in [0.25, 0.3) is 0 Å². The fraction of sp³-hybridized carbons (Fsp3) is 0.950. The molecule has 4 heteroatoms. The van der Waals surface area contributed by atoms with Gasteiger partial charge in [-0.25, -0.2) is 4.79 Å². The van der Waals surface area contributed by atoms with Gasteiger partial charge in [0.2, 0.25) is 0 Å². The van der Waals surface area contributed by atoms with Gasteiger partial charge < -0.3 is 15.1 Å². The first-order chi connectivity index (χ1) is 11.7. The number of hydrogen-bond acceptors (Lipinski definition) is 2. The minimum atomic E-state index is 0.197. The molecule has 0 unspecified atom stereocenters. The highest BCUT2D eigenvalue weighted by Crippen LogP contribution is 2.49.